The maximum absolute atomic E-state index is 11.5. The number of para-hydroxylation sites is 1. The van der Waals surface area contributed by atoms with Gasteiger partial charge in [0.05, 0.1) is 13.2 Å². The van der Waals surface area contributed by atoms with Crippen molar-refractivity contribution in [1.29, 1.82) is 0 Å². The highest BCUT2D eigenvalue weighted by molar-refractivity contribution is 9.03. The molecule has 0 aromatic heterocycles. The molecule has 30 heavy (non-hydrogen) atoms. The number of benzene rings is 2. The molecule has 1 amide bonds. The summed E-state index contributed by atoms with van der Waals surface area (Å²) in [5.74, 6) is -0.210. The van der Waals surface area contributed by atoms with Crippen LogP contribution in [0.15, 0.2) is 64.5 Å². The highest BCUT2D eigenvalue weighted by Crippen LogP contribution is 2.71. The van der Waals surface area contributed by atoms with Crippen molar-refractivity contribution in [2.75, 3.05) is 32.4 Å². The van der Waals surface area contributed by atoms with E-state index in [4.69, 9.17) is 25.9 Å². The van der Waals surface area contributed by atoms with Crippen LogP contribution < -0.4 is 10.6 Å². The van der Waals surface area contributed by atoms with Gasteiger partial charge < -0.3 is 20.1 Å². The van der Waals surface area contributed by atoms with E-state index in [1.807, 2.05) is 54.6 Å². The van der Waals surface area contributed by atoms with Crippen LogP contribution in [0.25, 0.3) is 0 Å². The van der Waals surface area contributed by atoms with E-state index in [1.54, 1.807) is 7.11 Å². The van der Waals surface area contributed by atoms with Crippen molar-refractivity contribution >= 4 is 59.1 Å². The van der Waals surface area contributed by atoms with Crippen LogP contribution >= 0.6 is 32.4 Å². The number of amidine groups is 1. The molecule has 0 radical (unpaired) electrons. The van der Waals surface area contributed by atoms with Crippen LogP contribution in [0.3, 0.4) is 0 Å². The molecule has 2 aromatic rings. The Bertz CT molecular complexity index is 909. The summed E-state index contributed by atoms with van der Waals surface area (Å²) in [4.78, 5) is 16.7. The quantitative estimate of drug-likeness (QED) is 0.243. The average Bonchev–Trinajstić information content (AvgIpc) is 3.04. The zero-order valence-corrected chi connectivity index (χ0v) is 19.1. The maximum atomic E-state index is 11.5. The van der Waals surface area contributed by atoms with Crippen LogP contribution in [0.1, 0.15) is 6.92 Å². The summed E-state index contributed by atoms with van der Waals surface area (Å²) in [5, 5.41) is 6.49. The highest BCUT2D eigenvalue weighted by Gasteiger charge is 2.41. The second-order valence-corrected chi connectivity index (χ2v) is 11.3. The standard InChI is InChI=1S/C20H23N3O4S3/c1-15(24)21-19-23-20(28)30(29-19,27-14-26-13-12-25-2)18-10-8-17(9-11-18)22-16-6-4-3-5-7-16/h3-11,22H,12-14H2,1-2H3,(H,21,23,24,28). The molecule has 1 heterocycles. The van der Waals surface area contributed by atoms with Crippen molar-refractivity contribution in [2.24, 2.45) is 4.99 Å². The Morgan fingerprint density at radius 3 is 2.47 bits per heavy atom. The zero-order chi connectivity index (χ0) is 21.4. The van der Waals surface area contributed by atoms with Gasteiger partial charge in [0.2, 0.25) is 5.91 Å². The van der Waals surface area contributed by atoms with Gasteiger partial charge in [0, 0.05) is 39.6 Å². The first-order chi connectivity index (χ1) is 14.5. The fraction of sp³-hybridized carbons (Fsp3) is 0.250. The van der Waals surface area contributed by atoms with Crippen LogP contribution in [0.4, 0.5) is 11.4 Å². The van der Waals surface area contributed by atoms with Crippen LogP contribution in [-0.4, -0.2) is 42.5 Å². The first kappa shape index (κ1) is 22.7. The van der Waals surface area contributed by atoms with E-state index < -0.39 is 9.34 Å². The van der Waals surface area contributed by atoms with Crippen molar-refractivity contribution in [2.45, 2.75) is 11.8 Å². The van der Waals surface area contributed by atoms with Crippen molar-refractivity contribution in [3.63, 3.8) is 0 Å². The van der Waals surface area contributed by atoms with Crippen molar-refractivity contribution in [1.82, 2.24) is 5.32 Å². The number of carbonyl (C=O) groups excluding carboxylic acids is 1. The molecule has 2 N–H and O–H groups in total. The monoisotopic (exact) mass is 465 g/mol. The molecule has 0 saturated heterocycles. The van der Waals surface area contributed by atoms with Crippen LogP contribution in [0, 0.1) is 0 Å². The molecule has 3 rings (SSSR count). The largest absolute Gasteiger partial charge is 0.382 e. The third-order valence-corrected chi connectivity index (χ3v) is 9.95. The normalized spacial score (nSPS) is 20.3. The minimum atomic E-state index is -2.15. The van der Waals surface area contributed by atoms with E-state index in [1.165, 1.54) is 17.7 Å². The summed E-state index contributed by atoms with van der Waals surface area (Å²) in [6.07, 6.45) is 0. The molecule has 1 unspecified atom stereocenters. The predicted octanol–water partition coefficient (Wildman–Crippen LogP) is 4.58. The van der Waals surface area contributed by atoms with Gasteiger partial charge in [-0.3, -0.25) is 8.98 Å². The molecule has 10 heteroatoms. The molecule has 0 saturated carbocycles. The van der Waals surface area contributed by atoms with Gasteiger partial charge >= 0.3 is 0 Å². The van der Waals surface area contributed by atoms with Gasteiger partial charge in [-0.15, -0.1) is 0 Å². The summed E-state index contributed by atoms with van der Waals surface area (Å²) in [7, 11) is 0.782. The Labute approximate surface area is 186 Å². The number of rotatable bonds is 9. The summed E-state index contributed by atoms with van der Waals surface area (Å²) in [6, 6.07) is 17.8. The number of nitrogens with zero attached hydrogens (tertiary/aromatic N) is 1. The molecule has 0 fully saturated rings. The molecule has 7 nitrogen and oxygen atoms in total. The number of hydrogen-bond donors (Lipinski definition) is 2. The Kier molecular flexibility index (Phi) is 8.25. The summed E-state index contributed by atoms with van der Waals surface area (Å²) in [6.45, 7) is 2.35. The number of nitrogens with one attached hydrogen (secondary N) is 2. The highest BCUT2D eigenvalue weighted by atomic mass is 33.2. The van der Waals surface area contributed by atoms with Crippen molar-refractivity contribution in [3.05, 3.63) is 54.6 Å². The first-order valence-electron chi connectivity index (χ1n) is 9.10. The second kappa shape index (κ2) is 10.9. The molecule has 1 aliphatic heterocycles. The number of aliphatic imine (C=N–C) groups is 1. The van der Waals surface area contributed by atoms with Gasteiger partial charge in [-0.25, -0.2) is 4.99 Å². The summed E-state index contributed by atoms with van der Waals surface area (Å²) >= 11 is 5.56. The third kappa shape index (κ3) is 5.81. The fourth-order valence-electron chi connectivity index (χ4n) is 2.51. The maximum Gasteiger partial charge on any atom is 0.222 e. The number of thiocarbonyl (C=S) groups is 1. The Morgan fingerprint density at radius 2 is 1.80 bits per heavy atom. The van der Waals surface area contributed by atoms with Crippen LogP contribution in [-0.2, 0) is 18.5 Å². The van der Waals surface area contributed by atoms with E-state index in [9.17, 15) is 4.79 Å². The smallest absolute Gasteiger partial charge is 0.222 e. The first-order valence-corrected chi connectivity index (χ1v) is 12.4. The molecule has 0 bridgehead atoms. The van der Waals surface area contributed by atoms with E-state index in [0.29, 0.717) is 22.7 Å². The lowest BCUT2D eigenvalue weighted by Crippen LogP contribution is -2.24. The summed E-state index contributed by atoms with van der Waals surface area (Å²) < 4.78 is 17.0. The minimum Gasteiger partial charge on any atom is -0.382 e. The van der Waals surface area contributed by atoms with Gasteiger partial charge in [-0.05, 0) is 59.4 Å². The predicted molar refractivity (Wildman–Crippen MR) is 127 cm³/mol. The number of carbonyl (C=O) groups is 1. The lowest BCUT2D eigenvalue weighted by atomic mass is 10.3. The Morgan fingerprint density at radius 1 is 1.10 bits per heavy atom. The minimum absolute atomic E-state index is 0.0404. The van der Waals surface area contributed by atoms with Gasteiger partial charge in [-0.2, -0.15) is 0 Å². The van der Waals surface area contributed by atoms with Crippen molar-refractivity contribution < 1.29 is 18.5 Å². The summed E-state index contributed by atoms with van der Waals surface area (Å²) in [5.41, 5.74) is 1.94. The topological polar surface area (TPSA) is 81.2 Å². The third-order valence-electron chi connectivity index (χ3n) is 3.86. The number of amides is 1. The average molecular weight is 466 g/mol. The molecule has 1 aliphatic rings. The van der Waals surface area contributed by atoms with Gasteiger partial charge in [0.1, 0.15) is 0 Å². The molecular formula is C20H23N3O4S3. The lowest BCUT2D eigenvalue weighted by molar-refractivity contribution is -0.117. The van der Waals surface area contributed by atoms with E-state index >= 15 is 0 Å². The number of anilines is 2. The second-order valence-electron chi connectivity index (χ2n) is 6.10. The SMILES string of the molecule is COCCOCOS1(c2ccc(Nc3ccccc3)cc2)SC(NC(C)=O)=NC1=S. The Balaban J connectivity index is 1.78. The molecule has 2 aromatic carbocycles. The molecule has 0 aliphatic carbocycles. The van der Waals surface area contributed by atoms with Gasteiger partial charge in [-0.1, -0.05) is 18.2 Å². The molecular weight excluding hydrogens is 442 g/mol. The van der Waals surface area contributed by atoms with E-state index in [-0.39, 0.29) is 12.7 Å². The molecule has 1 atom stereocenters. The van der Waals surface area contributed by atoms with E-state index in [0.717, 1.165) is 16.3 Å². The number of ether oxygens (including phenoxy) is 2. The van der Waals surface area contributed by atoms with Gasteiger partial charge in [0.15, 0.2) is 16.3 Å². The molecule has 0 spiro atoms. The van der Waals surface area contributed by atoms with E-state index in [2.05, 4.69) is 15.6 Å². The van der Waals surface area contributed by atoms with Crippen molar-refractivity contribution in [3.8, 4) is 0 Å². The Hall–Kier alpha value is -1.95. The zero-order valence-electron chi connectivity index (χ0n) is 16.6. The fourth-order valence-corrected chi connectivity index (χ4v) is 7.67. The lowest BCUT2D eigenvalue weighted by Gasteiger charge is -2.32. The van der Waals surface area contributed by atoms with Crippen LogP contribution in [0.2, 0.25) is 0 Å². The number of methoxy groups -OCH3 is 1. The number of hydrogen-bond acceptors (Lipinski definition) is 7. The molecule has 160 valence electrons. The van der Waals surface area contributed by atoms with Crippen LogP contribution in [0.5, 0.6) is 0 Å². The van der Waals surface area contributed by atoms with Gasteiger partial charge in [0.25, 0.3) is 0 Å².